The molecular formula is C17H14Cl2N2O2. The summed E-state index contributed by atoms with van der Waals surface area (Å²) in [5.41, 5.74) is 1.59. The number of hydrogen-bond donors (Lipinski definition) is 2. The third kappa shape index (κ3) is 4.03. The van der Waals surface area contributed by atoms with Gasteiger partial charge in [-0.15, -0.1) is 0 Å². The molecule has 2 aromatic carbocycles. The van der Waals surface area contributed by atoms with E-state index in [0.717, 1.165) is 12.8 Å². The number of benzene rings is 2. The Morgan fingerprint density at radius 3 is 2.13 bits per heavy atom. The standard InChI is InChI=1S/C17H14Cl2N2O2/c18-14-8-3-11(9-15(14)19)17(23)21-12-4-1-10(2-5-12)16(22)20-13-6-7-13/h1-5,8-9,13H,6-7H2,(H,20,22)(H,21,23). The van der Waals surface area contributed by atoms with Gasteiger partial charge in [-0.25, -0.2) is 0 Å². The Labute approximate surface area is 143 Å². The van der Waals surface area contributed by atoms with Crippen LogP contribution in [0, 0.1) is 0 Å². The number of nitrogens with one attached hydrogen (secondary N) is 2. The first kappa shape index (κ1) is 15.8. The van der Waals surface area contributed by atoms with Crippen LogP contribution in [0.5, 0.6) is 0 Å². The van der Waals surface area contributed by atoms with Crippen molar-refractivity contribution in [2.75, 3.05) is 5.32 Å². The van der Waals surface area contributed by atoms with Crippen molar-refractivity contribution in [3.05, 3.63) is 63.6 Å². The molecule has 0 aromatic heterocycles. The van der Waals surface area contributed by atoms with E-state index in [0.29, 0.717) is 32.9 Å². The van der Waals surface area contributed by atoms with Gasteiger partial charge in [0.15, 0.2) is 0 Å². The van der Waals surface area contributed by atoms with Gasteiger partial charge in [0.1, 0.15) is 0 Å². The fourth-order valence-electron chi connectivity index (χ4n) is 2.04. The zero-order valence-electron chi connectivity index (χ0n) is 12.1. The third-order valence-electron chi connectivity index (χ3n) is 3.50. The fourth-order valence-corrected chi connectivity index (χ4v) is 2.34. The molecule has 1 saturated carbocycles. The van der Waals surface area contributed by atoms with E-state index in [1.165, 1.54) is 6.07 Å². The lowest BCUT2D eigenvalue weighted by molar-refractivity contribution is 0.0950. The molecule has 1 fully saturated rings. The molecule has 2 aromatic rings. The lowest BCUT2D eigenvalue weighted by Gasteiger charge is -2.08. The first-order chi connectivity index (χ1) is 11.0. The maximum atomic E-state index is 12.2. The van der Waals surface area contributed by atoms with Crippen molar-refractivity contribution >= 4 is 40.7 Å². The Hall–Kier alpha value is -2.04. The van der Waals surface area contributed by atoms with Crippen molar-refractivity contribution in [1.82, 2.24) is 5.32 Å². The molecule has 1 aliphatic rings. The summed E-state index contributed by atoms with van der Waals surface area (Å²) in [7, 11) is 0. The Morgan fingerprint density at radius 2 is 1.52 bits per heavy atom. The molecule has 0 bridgehead atoms. The molecule has 23 heavy (non-hydrogen) atoms. The Kier molecular flexibility index (Phi) is 4.55. The van der Waals surface area contributed by atoms with Crippen LogP contribution in [0.2, 0.25) is 10.0 Å². The molecule has 0 saturated heterocycles. The van der Waals surface area contributed by atoms with E-state index in [1.54, 1.807) is 36.4 Å². The van der Waals surface area contributed by atoms with Crippen LogP contribution in [-0.4, -0.2) is 17.9 Å². The number of amides is 2. The van der Waals surface area contributed by atoms with Gasteiger partial charge in [0.05, 0.1) is 10.0 Å². The average Bonchev–Trinajstić information content (AvgIpc) is 3.34. The molecule has 0 spiro atoms. The van der Waals surface area contributed by atoms with Crippen LogP contribution >= 0.6 is 23.2 Å². The van der Waals surface area contributed by atoms with Crippen LogP contribution in [-0.2, 0) is 0 Å². The van der Waals surface area contributed by atoms with E-state index in [4.69, 9.17) is 23.2 Å². The second kappa shape index (κ2) is 6.60. The van der Waals surface area contributed by atoms with Crippen LogP contribution in [0.3, 0.4) is 0 Å². The summed E-state index contributed by atoms with van der Waals surface area (Å²) in [6.45, 7) is 0. The van der Waals surface area contributed by atoms with E-state index in [1.807, 2.05) is 0 Å². The molecule has 0 unspecified atom stereocenters. The van der Waals surface area contributed by atoms with Gasteiger partial charge in [-0.1, -0.05) is 23.2 Å². The molecule has 3 rings (SSSR count). The summed E-state index contributed by atoms with van der Waals surface area (Å²) in [4.78, 5) is 24.1. The van der Waals surface area contributed by atoms with Gasteiger partial charge in [-0.05, 0) is 55.3 Å². The molecule has 118 valence electrons. The highest BCUT2D eigenvalue weighted by molar-refractivity contribution is 6.42. The molecular weight excluding hydrogens is 335 g/mol. The van der Waals surface area contributed by atoms with Crippen LogP contribution in [0.4, 0.5) is 5.69 Å². The van der Waals surface area contributed by atoms with E-state index in [2.05, 4.69) is 10.6 Å². The minimum Gasteiger partial charge on any atom is -0.349 e. The highest BCUT2D eigenvalue weighted by Crippen LogP contribution is 2.23. The lowest BCUT2D eigenvalue weighted by Crippen LogP contribution is -2.25. The van der Waals surface area contributed by atoms with Gasteiger partial charge in [0.25, 0.3) is 11.8 Å². The molecule has 0 atom stereocenters. The smallest absolute Gasteiger partial charge is 0.255 e. The van der Waals surface area contributed by atoms with Crippen molar-refractivity contribution in [2.24, 2.45) is 0 Å². The number of carbonyl (C=O) groups is 2. The van der Waals surface area contributed by atoms with Gasteiger partial charge < -0.3 is 10.6 Å². The van der Waals surface area contributed by atoms with Gasteiger partial charge in [0, 0.05) is 22.9 Å². The first-order valence-corrected chi connectivity index (χ1v) is 7.96. The normalized spacial score (nSPS) is 13.5. The van der Waals surface area contributed by atoms with Gasteiger partial charge in [-0.3, -0.25) is 9.59 Å². The molecule has 6 heteroatoms. The van der Waals surface area contributed by atoms with Gasteiger partial charge >= 0.3 is 0 Å². The summed E-state index contributed by atoms with van der Waals surface area (Å²) in [5, 5.41) is 6.39. The van der Waals surface area contributed by atoms with Crippen LogP contribution in [0.15, 0.2) is 42.5 Å². The second-order valence-electron chi connectivity index (χ2n) is 5.41. The van der Waals surface area contributed by atoms with Crippen molar-refractivity contribution in [3.63, 3.8) is 0 Å². The number of anilines is 1. The van der Waals surface area contributed by atoms with Crippen LogP contribution in [0.1, 0.15) is 33.6 Å². The van der Waals surface area contributed by atoms with Gasteiger partial charge in [-0.2, -0.15) is 0 Å². The predicted octanol–water partition coefficient (Wildman–Crippen LogP) is 4.14. The SMILES string of the molecule is O=C(Nc1ccc(C(=O)NC2CC2)cc1)c1ccc(Cl)c(Cl)c1. The van der Waals surface area contributed by atoms with Crippen molar-refractivity contribution in [2.45, 2.75) is 18.9 Å². The summed E-state index contributed by atoms with van der Waals surface area (Å²) in [5.74, 6) is -0.381. The Bertz CT molecular complexity index is 756. The number of hydrogen-bond acceptors (Lipinski definition) is 2. The van der Waals surface area contributed by atoms with E-state index in [-0.39, 0.29) is 11.8 Å². The Balaban J connectivity index is 1.66. The second-order valence-corrected chi connectivity index (χ2v) is 6.22. The Morgan fingerprint density at radius 1 is 0.870 bits per heavy atom. The van der Waals surface area contributed by atoms with Gasteiger partial charge in [0.2, 0.25) is 0 Å². The lowest BCUT2D eigenvalue weighted by atomic mass is 10.1. The molecule has 2 N–H and O–H groups in total. The van der Waals surface area contributed by atoms with E-state index >= 15 is 0 Å². The molecule has 0 radical (unpaired) electrons. The number of carbonyl (C=O) groups excluding carboxylic acids is 2. The first-order valence-electron chi connectivity index (χ1n) is 7.20. The largest absolute Gasteiger partial charge is 0.349 e. The van der Waals surface area contributed by atoms with Crippen molar-refractivity contribution in [1.29, 1.82) is 0 Å². The third-order valence-corrected chi connectivity index (χ3v) is 4.24. The predicted molar refractivity (Wildman–Crippen MR) is 91.3 cm³/mol. The monoisotopic (exact) mass is 348 g/mol. The minimum atomic E-state index is -0.293. The molecule has 1 aliphatic carbocycles. The average molecular weight is 349 g/mol. The topological polar surface area (TPSA) is 58.2 Å². The summed E-state index contributed by atoms with van der Waals surface area (Å²) < 4.78 is 0. The number of halogens is 2. The van der Waals surface area contributed by atoms with E-state index in [9.17, 15) is 9.59 Å². The molecule has 0 heterocycles. The highest BCUT2D eigenvalue weighted by atomic mass is 35.5. The number of rotatable bonds is 4. The summed E-state index contributed by atoms with van der Waals surface area (Å²) in [6, 6.07) is 11.7. The molecule has 0 aliphatic heterocycles. The summed E-state index contributed by atoms with van der Waals surface area (Å²) in [6.07, 6.45) is 2.09. The zero-order chi connectivity index (χ0) is 16.4. The van der Waals surface area contributed by atoms with Crippen molar-refractivity contribution in [3.8, 4) is 0 Å². The maximum Gasteiger partial charge on any atom is 0.255 e. The molecule has 2 amide bonds. The van der Waals surface area contributed by atoms with Crippen molar-refractivity contribution < 1.29 is 9.59 Å². The summed E-state index contributed by atoms with van der Waals surface area (Å²) >= 11 is 11.7. The quantitative estimate of drug-likeness (QED) is 0.872. The van der Waals surface area contributed by atoms with Crippen LogP contribution < -0.4 is 10.6 Å². The highest BCUT2D eigenvalue weighted by Gasteiger charge is 2.23. The fraction of sp³-hybridized carbons (Fsp3) is 0.176. The van der Waals surface area contributed by atoms with Crippen LogP contribution in [0.25, 0.3) is 0 Å². The molecule has 4 nitrogen and oxygen atoms in total. The van der Waals surface area contributed by atoms with E-state index < -0.39 is 0 Å². The maximum absolute atomic E-state index is 12.2. The zero-order valence-corrected chi connectivity index (χ0v) is 13.6. The minimum absolute atomic E-state index is 0.0881.